The van der Waals surface area contributed by atoms with E-state index in [0.29, 0.717) is 5.92 Å². The van der Waals surface area contributed by atoms with Crippen molar-refractivity contribution in [1.82, 2.24) is 9.47 Å². The summed E-state index contributed by atoms with van der Waals surface area (Å²) in [5.41, 5.74) is 3.22. The molecule has 0 bridgehead atoms. The maximum absolute atomic E-state index is 13.1. The molecule has 1 saturated heterocycles. The molecule has 24 heavy (non-hydrogen) atoms. The van der Waals surface area contributed by atoms with Gasteiger partial charge >= 0.3 is 0 Å². The molecule has 1 amide bonds. The van der Waals surface area contributed by atoms with E-state index in [-0.39, 0.29) is 5.91 Å². The molecule has 1 fully saturated rings. The Balaban J connectivity index is 1.70. The molecule has 3 nitrogen and oxygen atoms in total. The number of piperidine rings is 1. The van der Waals surface area contributed by atoms with Gasteiger partial charge in [-0.2, -0.15) is 0 Å². The maximum Gasteiger partial charge on any atom is 0.270 e. The molecule has 1 atom stereocenters. The molecule has 3 aromatic rings. The lowest BCUT2D eigenvalue weighted by atomic mass is 10.00. The molecule has 4 heteroatoms. The first-order valence-corrected chi connectivity index (χ1v) is 9.50. The van der Waals surface area contributed by atoms with Crippen LogP contribution >= 0.6 is 11.3 Å². The maximum atomic E-state index is 13.1. The zero-order valence-corrected chi connectivity index (χ0v) is 14.8. The van der Waals surface area contributed by atoms with Gasteiger partial charge in [0.05, 0.1) is 10.2 Å². The first-order valence-electron chi connectivity index (χ1n) is 8.62. The number of thiophene rings is 1. The summed E-state index contributed by atoms with van der Waals surface area (Å²) in [5.74, 6) is 0.780. The highest BCUT2D eigenvalue weighted by atomic mass is 32.1. The van der Waals surface area contributed by atoms with Crippen molar-refractivity contribution in [3.63, 3.8) is 0 Å². The van der Waals surface area contributed by atoms with Gasteiger partial charge in [0.15, 0.2) is 0 Å². The summed E-state index contributed by atoms with van der Waals surface area (Å²) in [5, 5.41) is 2.10. The Morgan fingerprint density at radius 1 is 1.25 bits per heavy atom. The smallest absolute Gasteiger partial charge is 0.270 e. The fourth-order valence-electron chi connectivity index (χ4n) is 3.63. The van der Waals surface area contributed by atoms with Crippen molar-refractivity contribution in [3.05, 3.63) is 59.1 Å². The molecular formula is C20H22N2OS. The fraction of sp³-hybridized carbons (Fsp3) is 0.350. The molecule has 2 aromatic heterocycles. The van der Waals surface area contributed by atoms with Crippen LogP contribution in [0.15, 0.2) is 47.8 Å². The second-order valence-electron chi connectivity index (χ2n) is 6.77. The van der Waals surface area contributed by atoms with Gasteiger partial charge in [-0.15, -0.1) is 11.3 Å². The third-order valence-electron chi connectivity index (χ3n) is 4.87. The van der Waals surface area contributed by atoms with Crippen molar-refractivity contribution in [2.75, 3.05) is 13.1 Å². The Morgan fingerprint density at radius 2 is 2.08 bits per heavy atom. The molecule has 4 rings (SSSR count). The summed E-state index contributed by atoms with van der Waals surface area (Å²) in [6, 6.07) is 14.6. The van der Waals surface area contributed by atoms with Crippen LogP contribution in [0.4, 0.5) is 0 Å². The van der Waals surface area contributed by atoms with Gasteiger partial charge in [-0.1, -0.05) is 37.3 Å². The Labute approximate surface area is 146 Å². The van der Waals surface area contributed by atoms with Gasteiger partial charge in [0.25, 0.3) is 5.91 Å². The lowest BCUT2D eigenvalue weighted by Crippen LogP contribution is -2.40. The van der Waals surface area contributed by atoms with Crippen LogP contribution < -0.4 is 0 Å². The van der Waals surface area contributed by atoms with Crippen LogP contribution in [-0.2, 0) is 6.54 Å². The van der Waals surface area contributed by atoms with Crippen molar-refractivity contribution in [1.29, 1.82) is 0 Å². The summed E-state index contributed by atoms with van der Waals surface area (Å²) >= 11 is 1.71. The molecule has 0 saturated carbocycles. The normalized spacial score (nSPS) is 18.2. The Morgan fingerprint density at radius 3 is 2.88 bits per heavy atom. The van der Waals surface area contributed by atoms with Crippen molar-refractivity contribution in [3.8, 4) is 0 Å². The number of aromatic nitrogens is 1. The molecule has 0 spiro atoms. The molecule has 124 valence electrons. The second-order valence-corrected chi connectivity index (χ2v) is 7.72. The van der Waals surface area contributed by atoms with E-state index in [2.05, 4.69) is 53.3 Å². The molecule has 1 aliphatic rings. The molecule has 1 unspecified atom stereocenters. The summed E-state index contributed by atoms with van der Waals surface area (Å²) in [7, 11) is 0. The number of hydrogen-bond donors (Lipinski definition) is 0. The SMILES string of the molecule is CC1CCCN(C(=O)c2cc3sccc3n2Cc2ccccc2)C1. The first kappa shape index (κ1) is 15.5. The van der Waals surface area contributed by atoms with E-state index in [0.717, 1.165) is 37.3 Å². The highest BCUT2D eigenvalue weighted by molar-refractivity contribution is 7.17. The van der Waals surface area contributed by atoms with E-state index in [1.165, 1.54) is 16.7 Å². The number of rotatable bonds is 3. The van der Waals surface area contributed by atoms with Gasteiger partial charge < -0.3 is 9.47 Å². The highest BCUT2D eigenvalue weighted by Gasteiger charge is 2.25. The third kappa shape index (κ3) is 2.86. The molecule has 3 heterocycles. The average molecular weight is 338 g/mol. The Kier molecular flexibility index (Phi) is 4.15. The Hall–Kier alpha value is -2.07. The van der Waals surface area contributed by atoms with Gasteiger partial charge in [-0.3, -0.25) is 4.79 Å². The molecule has 0 radical (unpaired) electrons. The van der Waals surface area contributed by atoms with E-state index in [1.54, 1.807) is 11.3 Å². The quantitative estimate of drug-likeness (QED) is 0.684. The molecule has 1 aromatic carbocycles. The number of hydrogen-bond acceptors (Lipinski definition) is 2. The number of nitrogens with zero attached hydrogens (tertiary/aromatic N) is 2. The van der Waals surface area contributed by atoms with Crippen molar-refractivity contribution in [2.45, 2.75) is 26.3 Å². The Bertz CT molecular complexity index is 849. The van der Waals surface area contributed by atoms with Gasteiger partial charge in [0, 0.05) is 19.6 Å². The number of fused-ring (bicyclic) bond motifs is 1. The predicted octanol–water partition coefficient (Wildman–Crippen LogP) is 4.62. The van der Waals surface area contributed by atoms with Gasteiger partial charge in [-0.25, -0.2) is 0 Å². The fourth-order valence-corrected chi connectivity index (χ4v) is 4.45. The van der Waals surface area contributed by atoms with Crippen LogP contribution in [0.3, 0.4) is 0 Å². The van der Waals surface area contributed by atoms with Crippen molar-refractivity contribution in [2.24, 2.45) is 5.92 Å². The van der Waals surface area contributed by atoms with Gasteiger partial charge in [0.1, 0.15) is 5.69 Å². The van der Waals surface area contributed by atoms with Crippen LogP contribution in [0.2, 0.25) is 0 Å². The largest absolute Gasteiger partial charge is 0.337 e. The van der Waals surface area contributed by atoms with Crippen LogP contribution in [0.5, 0.6) is 0 Å². The monoisotopic (exact) mass is 338 g/mol. The number of amides is 1. The van der Waals surface area contributed by atoms with Gasteiger partial charge in [0.2, 0.25) is 0 Å². The van der Waals surface area contributed by atoms with Crippen molar-refractivity contribution < 1.29 is 4.79 Å². The van der Waals surface area contributed by atoms with Crippen LogP contribution in [0, 0.1) is 5.92 Å². The summed E-state index contributed by atoms with van der Waals surface area (Å²) in [6.07, 6.45) is 2.34. The van der Waals surface area contributed by atoms with Gasteiger partial charge in [-0.05, 0) is 41.8 Å². The summed E-state index contributed by atoms with van der Waals surface area (Å²) in [6.45, 7) is 4.74. The number of carbonyl (C=O) groups is 1. The predicted molar refractivity (Wildman–Crippen MR) is 99.7 cm³/mol. The van der Waals surface area contributed by atoms with E-state index in [1.807, 2.05) is 11.0 Å². The minimum Gasteiger partial charge on any atom is -0.337 e. The minimum atomic E-state index is 0.181. The molecule has 0 aliphatic carbocycles. The first-order chi connectivity index (χ1) is 11.7. The molecule has 1 aliphatic heterocycles. The van der Waals surface area contributed by atoms with E-state index < -0.39 is 0 Å². The summed E-state index contributed by atoms with van der Waals surface area (Å²) in [4.78, 5) is 15.2. The minimum absolute atomic E-state index is 0.181. The number of benzene rings is 1. The summed E-state index contributed by atoms with van der Waals surface area (Å²) < 4.78 is 3.38. The highest BCUT2D eigenvalue weighted by Crippen LogP contribution is 2.28. The van der Waals surface area contributed by atoms with Crippen LogP contribution in [0.25, 0.3) is 10.2 Å². The standard InChI is InChI=1S/C20H22N2OS/c1-15-6-5-10-21(13-15)20(23)18-12-19-17(9-11-24-19)22(18)14-16-7-3-2-4-8-16/h2-4,7-9,11-12,15H,5-6,10,13-14H2,1H3. The zero-order chi connectivity index (χ0) is 16.5. The topological polar surface area (TPSA) is 25.2 Å². The molecule has 0 N–H and O–H groups in total. The van der Waals surface area contributed by atoms with E-state index >= 15 is 0 Å². The second kappa shape index (κ2) is 6.44. The van der Waals surface area contributed by atoms with Crippen molar-refractivity contribution >= 4 is 27.5 Å². The number of likely N-dealkylation sites (tertiary alicyclic amines) is 1. The van der Waals surface area contributed by atoms with Crippen LogP contribution in [-0.4, -0.2) is 28.5 Å². The average Bonchev–Trinajstić information content (AvgIpc) is 3.18. The lowest BCUT2D eigenvalue weighted by molar-refractivity contribution is 0.0673. The van der Waals surface area contributed by atoms with Crippen LogP contribution in [0.1, 0.15) is 35.8 Å². The lowest BCUT2D eigenvalue weighted by Gasteiger charge is -2.31. The zero-order valence-electron chi connectivity index (χ0n) is 13.9. The number of carbonyl (C=O) groups excluding carboxylic acids is 1. The van der Waals surface area contributed by atoms with E-state index in [9.17, 15) is 4.79 Å². The third-order valence-corrected chi connectivity index (χ3v) is 5.72. The molecular weight excluding hydrogens is 316 g/mol. The van der Waals surface area contributed by atoms with E-state index in [4.69, 9.17) is 0 Å².